The second-order valence-electron chi connectivity index (χ2n) is 9.12. The number of amides is 1. The number of nitrogens with zero attached hydrogens (tertiary/aromatic N) is 1. The van der Waals surface area contributed by atoms with Gasteiger partial charge in [-0.3, -0.25) is 4.79 Å². The van der Waals surface area contributed by atoms with Crippen molar-refractivity contribution in [1.29, 1.82) is 0 Å². The van der Waals surface area contributed by atoms with Crippen LogP contribution in [-0.2, 0) is 35.5 Å². The van der Waals surface area contributed by atoms with Gasteiger partial charge in [-0.15, -0.1) is 4.31 Å². The number of benzene rings is 3. The number of alkyl halides is 3. The normalized spacial score (nSPS) is 16.9. The Bertz CT molecular complexity index is 1460. The van der Waals surface area contributed by atoms with Crippen LogP contribution in [0.2, 0.25) is 0 Å². The van der Waals surface area contributed by atoms with E-state index in [1.807, 2.05) is 0 Å². The number of hydrogen-bond donors (Lipinski definition) is 1. The van der Waals surface area contributed by atoms with E-state index in [-0.39, 0.29) is 29.7 Å². The number of hydrogen-bond acceptors (Lipinski definition) is 5. The summed E-state index contributed by atoms with van der Waals surface area (Å²) >= 11 is -1.77. The van der Waals surface area contributed by atoms with Crippen molar-refractivity contribution in [2.75, 3.05) is 6.54 Å². The van der Waals surface area contributed by atoms with Crippen molar-refractivity contribution < 1.29 is 36.1 Å². The Labute approximate surface area is 224 Å². The van der Waals surface area contributed by atoms with Gasteiger partial charge in [0.1, 0.15) is 29.8 Å². The van der Waals surface area contributed by atoms with Crippen LogP contribution < -0.4 is 10.1 Å². The number of fused-ring (bicyclic) bond motifs is 1. The van der Waals surface area contributed by atoms with Gasteiger partial charge in [-0.1, -0.05) is 36.4 Å². The molecule has 1 aromatic heterocycles. The molecule has 1 aliphatic rings. The minimum Gasteiger partial charge on any atom is -0.590 e. The highest BCUT2D eigenvalue weighted by Crippen LogP contribution is 2.31. The average molecular weight is 561 g/mol. The summed E-state index contributed by atoms with van der Waals surface area (Å²) in [5, 5.41) is 3.46. The minimum atomic E-state index is -4.39. The number of rotatable bonds is 8. The Morgan fingerprint density at radius 2 is 1.85 bits per heavy atom. The number of para-hydroxylation sites is 1. The van der Waals surface area contributed by atoms with Crippen LogP contribution in [0, 0.1) is 5.82 Å². The molecule has 1 N–H and O–H groups in total. The lowest BCUT2D eigenvalue weighted by Crippen LogP contribution is -2.45. The lowest BCUT2D eigenvalue weighted by molar-refractivity contribution is -0.137. The number of nitrogens with one attached hydrogen (secondary N) is 1. The molecule has 1 amide bonds. The quantitative estimate of drug-likeness (QED) is 0.212. The van der Waals surface area contributed by atoms with Crippen LogP contribution in [0.4, 0.5) is 17.6 Å². The fourth-order valence-electron chi connectivity index (χ4n) is 4.41. The van der Waals surface area contributed by atoms with Crippen molar-refractivity contribution in [3.63, 3.8) is 0 Å². The first-order chi connectivity index (χ1) is 18.7. The molecule has 2 atom stereocenters. The highest BCUT2D eigenvalue weighted by Gasteiger charge is 2.41. The molecule has 1 aliphatic heterocycles. The molecule has 0 radical (unpaired) electrons. The number of furan rings is 1. The van der Waals surface area contributed by atoms with Gasteiger partial charge in [0.05, 0.1) is 5.56 Å². The van der Waals surface area contributed by atoms with Crippen molar-refractivity contribution in [1.82, 2.24) is 9.62 Å². The van der Waals surface area contributed by atoms with Crippen LogP contribution in [0.15, 0.2) is 82.3 Å². The van der Waals surface area contributed by atoms with E-state index >= 15 is 0 Å². The largest absolute Gasteiger partial charge is 0.590 e. The van der Waals surface area contributed by atoms with Crippen molar-refractivity contribution in [3.8, 4) is 5.75 Å². The van der Waals surface area contributed by atoms with Gasteiger partial charge in [0.15, 0.2) is 11.4 Å². The summed E-state index contributed by atoms with van der Waals surface area (Å²) in [4.78, 5) is 13.0. The van der Waals surface area contributed by atoms with Gasteiger partial charge in [0.2, 0.25) is 5.91 Å². The van der Waals surface area contributed by atoms with Crippen LogP contribution in [0.1, 0.15) is 29.5 Å². The van der Waals surface area contributed by atoms with E-state index in [2.05, 4.69) is 5.32 Å². The third-order valence-corrected chi connectivity index (χ3v) is 7.83. The Kier molecular flexibility index (Phi) is 7.83. The highest BCUT2D eigenvalue weighted by molar-refractivity contribution is 7.89. The summed E-state index contributed by atoms with van der Waals surface area (Å²) in [5.74, 6) is -0.335. The molecule has 5 rings (SSSR count). The van der Waals surface area contributed by atoms with Gasteiger partial charge in [-0.05, 0) is 54.3 Å². The fraction of sp³-hybridized carbons (Fsp3) is 0.250. The molecule has 0 aliphatic carbocycles. The second-order valence-corrected chi connectivity index (χ2v) is 10.5. The number of carbonyl (C=O) groups is 1. The molecule has 39 heavy (non-hydrogen) atoms. The van der Waals surface area contributed by atoms with Crippen LogP contribution in [0.3, 0.4) is 0 Å². The molecule has 0 spiro atoms. The topological polar surface area (TPSA) is 77.8 Å². The zero-order valence-corrected chi connectivity index (χ0v) is 21.4. The van der Waals surface area contributed by atoms with Crippen LogP contribution >= 0.6 is 0 Å². The van der Waals surface area contributed by atoms with E-state index in [4.69, 9.17) is 9.15 Å². The molecule has 204 valence electrons. The predicted molar refractivity (Wildman–Crippen MR) is 136 cm³/mol. The monoisotopic (exact) mass is 560 g/mol. The molecule has 2 heterocycles. The predicted octanol–water partition coefficient (Wildman–Crippen LogP) is 5.97. The summed E-state index contributed by atoms with van der Waals surface area (Å²) in [5.41, 5.74) is 0.650. The molecule has 6 nitrogen and oxygen atoms in total. The Morgan fingerprint density at radius 3 is 2.59 bits per heavy atom. The van der Waals surface area contributed by atoms with Gasteiger partial charge in [0, 0.05) is 24.5 Å². The highest BCUT2D eigenvalue weighted by atomic mass is 32.2. The Balaban J connectivity index is 1.17. The summed E-state index contributed by atoms with van der Waals surface area (Å²) in [6.07, 6.45) is -3.20. The van der Waals surface area contributed by atoms with Crippen molar-refractivity contribution in [3.05, 3.63) is 95.3 Å². The van der Waals surface area contributed by atoms with Gasteiger partial charge in [0.25, 0.3) is 0 Å². The second kappa shape index (κ2) is 11.3. The molecule has 1 fully saturated rings. The van der Waals surface area contributed by atoms with Gasteiger partial charge in [-0.2, -0.15) is 13.2 Å². The lowest BCUT2D eigenvalue weighted by Gasteiger charge is -2.23. The van der Waals surface area contributed by atoms with Crippen molar-refractivity contribution >= 4 is 28.2 Å². The molecule has 1 saturated heterocycles. The van der Waals surface area contributed by atoms with E-state index in [9.17, 15) is 26.9 Å². The van der Waals surface area contributed by atoms with E-state index in [1.165, 1.54) is 24.3 Å². The molecule has 2 unspecified atom stereocenters. The average Bonchev–Trinajstić information content (AvgIpc) is 3.59. The first-order valence-corrected chi connectivity index (χ1v) is 13.3. The van der Waals surface area contributed by atoms with Gasteiger partial charge in [-0.25, -0.2) is 4.39 Å². The maximum absolute atomic E-state index is 14.0. The van der Waals surface area contributed by atoms with E-state index in [1.54, 1.807) is 40.7 Å². The third-order valence-electron chi connectivity index (χ3n) is 6.42. The molecule has 0 saturated carbocycles. The van der Waals surface area contributed by atoms with Gasteiger partial charge < -0.3 is 19.0 Å². The maximum atomic E-state index is 14.0. The molecule has 0 bridgehead atoms. The van der Waals surface area contributed by atoms with Crippen LogP contribution in [0.25, 0.3) is 11.0 Å². The first kappa shape index (κ1) is 27.0. The number of halogens is 4. The van der Waals surface area contributed by atoms with Crippen molar-refractivity contribution in [2.45, 2.75) is 43.3 Å². The molecule has 3 aromatic carbocycles. The van der Waals surface area contributed by atoms with E-state index in [0.717, 1.165) is 17.7 Å². The Hall–Kier alpha value is -3.54. The zero-order valence-electron chi connectivity index (χ0n) is 20.5. The maximum Gasteiger partial charge on any atom is 0.416 e. The Morgan fingerprint density at radius 1 is 1.08 bits per heavy atom. The SMILES string of the molecule is O=C(NCc1cccc(OCc2ccc(C(F)(F)F)cc2)c1)C1CCCN1[S+]([O-])c1cc2cccc(F)c2o1. The van der Waals surface area contributed by atoms with E-state index < -0.39 is 35.0 Å². The molecule has 4 aromatic rings. The number of ether oxygens (including phenoxy) is 1. The molecular formula is C28H24F4N2O4S. The summed E-state index contributed by atoms with van der Waals surface area (Å²) < 4.78 is 78.2. The summed E-state index contributed by atoms with van der Waals surface area (Å²) in [7, 11) is 0. The lowest BCUT2D eigenvalue weighted by atomic mass is 10.1. The molecule has 11 heteroatoms. The van der Waals surface area contributed by atoms with Crippen molar-refractivity contribution in [2.24, 2.45) is 0 Å². The first-order valence-electron chi connectivity index (χ1n) is 12.2. The fourth-order valence-corrected chi connectivity index (χ4v) is 5.76. The summed E-state index contributed by atoms with van der Waals surface area (Å²) in [6, 6.07) is 17.1. The van der Waals surface area contributed by atoms with E-state index in [0.29, 0.717) is 36.1 Å². The third kappa shape index (κ3) is 6.21. The minimum absolute atomic E-state index is 0.0291. The molecular weight excluding hydrogens is 536 g/mol. The van der Waals surface area contributed by atoms with Gasteiger partial charge >= 0.3 is 11.3 Å². The summed E-state index contributed by atoms with van der Waals surface area (Å²) in [6.45, 7) is 0.711. The standard InChI is InChI=1S/C28H24F4N2O4S/c29-23-7-2-5-20-15-25(38-26(20)23)39(36)34-13-3-8-24(34)27(35)33-16-19-4-1-6-22(14-19)37-17-18-9-11-21(12-10-18)28(30,31)32/h1-2,4-7,9-12,14-15,24H,3,8,13,16-17H2,(H,33,35). The van der Waals surface area contributed by atoms with Crippen LogP contribution in [-0.4, -0.2) is 27.4 Å². The number of carbonyl (C=O) groups excluding carboxylic acids is 1. The van der Waals surface area contributed by atoms with Crippen LogP contribution in [0.5, 0.6) is 5.75 Å². The smallest absolute Gasteiger partial charge is 0.416 e. The zero-order chi connectivity index (χ0) is 27.6.